The number of anilines is 2. The van der Waals surface area contributed by atoms with Crippen LogP contribution in [0.3, 0.4) is 0 Å². The van der Waals surface area contributed by atoms with E-state index in [0.29, 0.717) is 24.5 Å². The Morgan fingerprint density at radius 2 is 2.00 bits per heavy atom. The predicted octanol–water partition coefficient (Wildman–Crippen LogP) is 3.80. The topological polar surface area (TPSA) is 108 Å². The second kappa shape index (κ2) is 8.41. The van der Waals surface area contributed by atoms with E-state index in [1.807, 2.05) is 6.07 Å². The van der Waals surface area contributed by atoms with Crippen LogP contribution in [0.4, 0.5) is 20.3 Å². The summed E-state index contributed by atoms with van der Waals surface area (Å²) in [4.78, 5) is 17.1. The summed E-state index contributed by atoms with van der Waals surface area (Å²) >= 11 is 1.45. The molecule has 8 nitrogen and oxygen atoms in total. The lowest BCUT2D eigenvalue weighted by atomic mass is 10.1. The molecule has 3 N–H and O–H groups in total. The maximum Gasteiger partial charge on any atom is 0.258 e. The molecule has 30 heavy (non-hydrogen) atoms. The molecule has 0 fully saturated rings. The second-order valence-electron chi connectivity index (χ2n) is 6.13. The lowest BCUT2D eigenvalue weighted by molar-refractivity contribution is 0.362. The number of pyridine rings is 1. The number of ether oxygens (including phenoxy) is 2. The Morgan fingerprint density at radius 3 is 2.83 bits per heavy atom. The first-order valence-electron chi connectivity index (χ1n) is 8.79. The molecule has 3 aromatic heterocycles. The number of thiazole rings is 1. The second-order valence-corrected chi connectivity index (χ2v) is 6.96. The molecule has 0 saturated heterocycles. The molecule has 0 radical (unpaired) electrons. The third-order valence-electron chi connectivity index (χ3n) is 4.25. The highest BCUT2D eigenvalue weighted by Crippen LogP contribution is 2.34. The van der Waals surface area contributed by atoms with Crippen LogP contribution in [-0.2, 0) is 6.42 Å². The number of nitrogens with two attached hydrogens (primary N) is 1. The van der Waals surface area contributed by atoms with E-state index in [2.05, 4.69) is 25.3 Å². The van der Waals surface area contributed by atoms with E-state index in [9.17, 15) is 8.78 Å². The van der Waals surface area contributed by atoms with Gasteiger partial charge in [0.05, 0.1) is 18.8 Å². The lowest BCUT2D eigenvalue weighted by Crippen LogP contribution is -2.07. The van der Waals surface area contributed by atoms with Crippen molar-refractivity contribution in [3.05, 3.63) is 53.4 Å². The first kappa shape index (κ1) is 19.7. The quantitative estimate of drug-likeness (QED) is 0.456. The fourth-order valence-electron chi connectivity index (χ4n) is 2.74. The number of nitrogen functional groups attached to an aromatic ring is 1. The van der Waals surface area contributed by atoms with Crippen LogP contribution in [0.2, 0.25) is 0 Å². The number of benzene rings is 1. The van der Waals surface area contributed by atoms with Crippen molar-refractivity contribution in [1.29, 1.82) is 0 Å². The molecule has 1 aromatic carbocycles. The minimum absolute atomic E-state index is 0.228. The number of hydrogen-bond donors (Lipinski definition) is 2. The Kier molecular flexibility index (Phi) is 5.53. The smallest absolute Gasteiger partial charge is 0.258 e. The first-order valence-corrected chi connectivity index (χ1v) is 9.67. The van der Waals surface area contributed by atoms with Gasteiger partial charge in [0.1, 0.15) is 22.4 Å². The zero-order chi connectivity index (χ0) is 21.1. The molecule has 4 rings (SSSR count). The Labute approximate surface area is 173 Å². The van der Waals surface area contributed by atoms with Gasteiger partial charge in [0.25, 0.3) is 5.88 Å². The van der Waals surface area contributed by atoms with Crippen LogP contribution in [0.25, 0.3) is 10.3 Å². The SMILES string of the molecule is COc1cc(CCNc2ncnc3scnc23)ccc1Oc1ncc(F)c(N)c1F. The number of aromatic nitrogens is 4. The van der Waals surface area contributed by atoms with E-state index in [4.69, 9.17) is 15.2 Å². The monoisotopic (exact) mass is 430 g/mol. The fourth-order valence-corrected chi connectivity index (χ4v) is 3.36. The maximum atomic E-state index is 14.1. The molecule has 0 aliphatic carbocycles. The number of nitrogens with zero attached hydrogens (tertiary/aromatic N) is 4. The molecule has 0 saturated carbocycles. The standard InChI is InChI=1S/C19H16F2N6O2S/c1-28-13-6-10(4-5-23-17-16-19(26-8-25-17)30-9-27-16)2-3-12(13)29-18-14(21)15(22)11(20)7-24-18/h2-3,6-9H,4-5H2,1H3,(H2,22,24)(H,23,25,26). The highest BCUT2D eigenvalue weighted by molar-refractivity contribution is 7.16. The summed E-state index contributed by atoms with van der Waals surface area (Å²) in [6.45, 7) is 0.595. The van der Waals surface area contributed by atoms with E-state index in [1.165, 1.54) is 24.8 Å². The van der Waals surface area contributed by atoms with Crippen LogP contribution >= 0.6 is 11.3 Å². The zero-order valence-corrected chi connectivity index (χ0v) is 16.5. The molecule has 11 heteroatoms. The van der Waals surface area contributed by atoms with Gasteiger partial charge in [0.15, 0.2) is 23.1 Å². The molecule has 154 valence electrons. The highest BCUT2D eigenvalue weighted by atomic mass is 32.1. The number of halogens is 2. The van der Waals surface area contributed by atoms with Gasteiger partial charge in [-0.2, -0.15) is 4.39 Å². The minimum atomic E-state index is -1.07. The van der Waals surface area contributed by atoms with Gasteiger partial charge in [-0.1, -0.05) is 6.07 Å². The molecule has 0 bridgehead atoms. The Balaban J connectivity index is 1.46. The average molecular weight is 430 g/mol. The summed E-state index contributed by atoms with van der Waals surface area (Å²) in [6.07, 6.45) is 2.95. The molecule has 0 unspecified atom stereocenters. The van der Waals surface area contributed by atoms with E-state index >= 15 is 0 Å². The third kappa shape index (κ3) is 3.92. The zero-order valence-electron chi connectivity index (χ0n) is 15.7. The van der Waals surface area contributed by atoms with Crippen molar-refractivity contribution in [2.24, 2.45) is 0 Å². The van der Waals surface area contributed by atoms with Crippen LogP contribution in [0.1, 0.15) is 5.56 Å². The van der Waals surface area contributed by atoms with Crippen molar-refractivity contribution in [3.8, 4) is 17.4 Å². The number of rotatable bonds is 7. The fraction of sp³-hybridized carbons (Fsp3) is 0.158. The number of methoxy groups -OCH3 is 1. The normalized spacial score (nSPS) is 10.9. The number of nitrogens with one attached hydrogen (secondary N) is 1. The molecule has 0 spiro atoms. The lowest BCUT2D eigenvalue weighted by Gasteiger charge is -2.13. The minimum Gasteiger partial charge on any atom is -0.493 e. The van der Waals surface area contributed by atoms with Crippen molar-refractivity contribution < 1.29 is 18.3 Å². The van der Waals surface area contributed by atoms with Crippen LogP contribution in [-0.4, -0.2) is 33.6 Å². The van der Waals surface area contributed by atoms with Crippen molar-refractivity contribution in [2.45, 2.75) is 6.42 Å². The van der Waals surface area contributed by atoms with Gasteiger partial charge in [0, 0.05) is 6.54 Å². The molecule has 4 aromatic rings. The summed E-state index contributed by atoms with van der Waals surface area (Å²) in [5.74, 6) is -1.18. The summed E-state index contributed by atoms with van der Waals surface area (Å²) in [5.41, 5.74) is 8.09. The van der Waals surface area contributed by atoms with Gasteiger partial charge in [-0.3, -0.25) is 0 Å². The van der Waals surface area contributed by atoms with Gasteiger partial charge in [-0.25, -0.2) is 24.3 Å². The van der Waals surface area contributed by atoms with E-state index in [0.717, 1.165) is 22.1 Å². The molecule has 0 atom stereocenters. The Bertz CT molecular complexity index is 1200. The van der Waals surface area contributed by atoms with E-state index in [1.54, 1.807) is 17.6 Å². The van der Waals surface area contributed by atoms with Crippen molar-refractivity contribution in [3.63, 3.8) is 0 Å². The van der Waals surface area contributed by atoms with Gasteiger partial charge >= 0.3 is 0 Å². The summed E-state index contributed by atoms with van der Waals surface area (Å²) in [5, 5.41) is 3.25. The number of hydrogen-bond acceptors (Lipinski definition) is 9. The van der Waals surface area contributed by atoms with Crippen LogP contribution in [0.15, 0.2) is 36.2 Å². The van der Waals surface area contributed by atoms with Gasteiger partial charge in [-0.05, 0) is 24.1 Å². The first-order chi connectivity index (χ1) is 14.6. The largest absolute Gasteiger partial charge is 0.493 e. The summed E-state index contributed by atoms with van der Waals surface area (Å²) in [6, 6.07) is 5.20. The molecule has 3 heterocycles. The highest BCUT2D eigenvalue weighted by Gasteiger charge is 2.16. The van der Waals surface area contributed by atoms with Crippen molar-refractivity contribution >= 4 is 33.2 Å². The third-order valence-corrected chi connectivity index (χ3v) is 4.99. The molecule has 0 aliphatic rings. The van der Waals surface area contributed by atoms with Crippen LogP contribution in [0, 0.1) is 11.6 Å². The predicted molar refractivity (Wildman–Crippen MR) is 109 cm³/mol. The van der Waals surface area contributed by atoms with Gasteiger partial charge < -0.3 is 20.5 Å². The Hall–Kier alpha value is -3.60. The van der Waals surface area contributed by atoms with Crippen molar-refractivity contribution in [1.82, 2.24) is 19.9 Å². The molecular formula is C19H16F2N6O2S. The molecule has 0 aliphatic heterocycles. The van der Waals surface area contributed by atoms with E-state index < -0.39 is 23.2 Å². The summed E-state index contributed by atoms with van der Waals surface area (Å²) in [7, 11) is 1.47. The average Bonchev–Trinajstić information content (AvgIpc) is 3.24. The van der Waals surface area contributed by atoms with Crippen LogP contribution in [0.5, 0.6) is 17.4 Å². The van der Waals surface area contributed by atoms with Gasteiger partial charge in [-0.15, -0.1) is 11.3 Å². The van der Waals surface area contributed by atoms with Gasteiger partial charge in [0.2, 0.25) is 5.82 Å². The van der Waals surface area contributed by atoms with E-state index in [-0.39, 0.29) is 5.75 Å². The molecule has 0 amide bonds. The van der Waals surface area contributed by atoms with Crippen LogP contribution < -0.4 is 20.5 Å². The Morgan fingerprint density at radius 1 is 1.13 bits per heavy atom. The summed E-state index contributed by atoms with van der Waals surface area (Å²) < 4.78 is 38.1. The molecular weight excluding hydrogens is 414 g/mol. The maximum absolute atomic E-state index is 14.1. The van der Waals surface area contributed by atoms with Crippen molar-refractivity contribution in [2.75, 3.05) is 24.7 Å². The number of fused-ring (bicyclic) bond motifs is 1.